The number of aryl methyl sites for hydroxylation is 1. The Hall–Kier alpha value is -1.19. The van der Waals surface area contributed by atoms with Gasteiger partial charge in [0, 0.05) is 12.3 Å². The lowest BCUT2D eigenvalue weighted by atomic mass is 10.0. The number of hydrogen-bond donors (Lipinski definition) is 0. The van der Waals surface area contributed by atoms with E-state index in [4.69, 9.17) is 0 Å². The summed E-state index contributed by atoms with van der Waals surface area (Å²) in [6.07, 6.45) is 2.92. The summed E-state index contributed by atoms with van der Waals surface area (Å²) in [5, 5.41) is 8.36. The van der Waals surface area contributed by atoms with Crippen LogP contribution < -0.4 is 0 Å². The van der Waals surface area contributed by atoms with Gasteiger partial charge in [-0.15, -0.1) is 10.2 Å². The maximum absolute atomic E-state index is 11.6. The molecule has 1 aromatic rings. The van der Waals surface area contributed by atoms with Gasteiger partial charge in [0.2, 0.25) is 0 Å². The maximum Gasteiger partial charge on any atom is 0.152 e. The summed E-state index contributed by atoms with van der Waals surface area (Å²) in [7, 11) is 0. The van der Waals surface area contributed by atoms with Gasteiger partial charge in [-0.2, -0.15) is 0 Å². The van der Waals surface area contributed by atoms with E-state index in [1.807, 2.05) is 0 Å². The second-order valence-electron chi connectivity index (χ2n) is 4.52. The molecule has 0 bridgehead atoms. The molecule has 1 unspecified atom stereocenters. The second kappa shape index (κ2) is 3.76. The standard InChI is InChI=1S/C11H17N3O/c1-7(2)11-13-12-10-6-4-5-9(8(3)15)14(10)11/h7,9H,4-6H2,1-3H3. The predicted octanol–water partition coefficient (Wildman–Crippen LogP) is 1.87. The molecule has 0 spiro atoms. The lowest BCUT2D eigenvalue weighted by Crippen LogP contribution is -2.25. The van der Waals surface area contributed by atoms with Crippen molar-refractivity contribution in [1.29, 1.82) is 0 Å². The molecule has 2 heterocycles. The highest BCUT2D eigenvalue weighted by Crippen LogP contribution is 2.28. The fraction of sp³-hybridized carbons (Fsp3) is 0.727. The predicted molar refractivity (Wildman–Crippen MR) is 56.8 cm³/mol. The van der Waals surface area contributed by atoms with E-state index in [2.05, 4.69) is 28.6 Å². The maximum atomic E-state index is 11.6. The van der Waals surface area contributed by atoms with Crippen LogP contribution in [0.5, 0.6) is 0 Å². The zero-order valence-corrected chi connectivity index (χ0v) is 9.53. The van der Waals surface area contributed by atoms with Crippen LogP contribution in [0.4, 0.5) is 0 Å². The molecule has 1 aliphatic heterocycles. The van der Waals surface area contributed by atoms with E-state index in [-0.39, 0.29) is 11.8 Å². The van der Waals surface area contributed by atoms with Gasteiger partial charge in [-0.05, 0) is 19.8 Å². The van der Waals surface area contributed by atoms with Gasteiger partial charge >= 0.3 is 0 Å². The number of fused-ring (bicyclic) bond motifs is 1. The van der Waals surface area contributed by atoms with Crippen LogP contribution in [0.25, 0.3) is 0 Å². The Morgan fingerprint density at radius 2 is 2.20 bits per heavy atom. The van der Waals surface area contributed by atoms with E-state index in [1.165, 1.54) is 0 Å². The smallest absolute Gasteiger partial charge is 0.152 e. The normalized spacial score (nSPS) is 20.4. The fourth-order valence-corrected chi connectivity index (χ4v) is 2.21. The third kappa shape index (κ3) is 1.68. The monoisotopic (exact) mass is 207 g/mol. The van der Waals surface area contributed by atoms with Crippen molar-refractivity contribution < 1.29 is 4.79 Å². The molecule has 15 heavy (non-hydrogen) atoms. The molecule has 1 aromatic heterocycles. The van der Waals surface area contributed by atoms with Gasteiger partial charge in [0.05, 0.1) is 6.04 Å². The summed E-state index contributed by atoms with van der Waals surface area (Å²) in [6, 6.07) is -0.0267. The van der Waals surface area contributed by atoms with Gasteiger partial charge < -0.3 is 4.57 Å². The lowest BCUT2D eigenvalue weighted by Gasteiger charge is -2.24. The number of rotatable bonds is 2. The molecule has 0 aromatic carbocycles. The molecule has 4 heteroatoms. The zero-order chi connectivity index (χ0) is 11.0. The van der Waals surface area contributed by atoms with Crippen LogP contribution in [-0.4, -0.2) is 20.5 Å². The van der Waals surface area contributed by atoms with Crippen LogP contribution in [0.3, 0.4) is 0 Å². The van der Waals surface area contributed by atoms with Gasteiger partial charge in [0.1, 0.15) is 11.6 Å². The Balaban J connectivity index is 2.47. The van der Waals surface area contributed by atoms with E-state index >= 15 is 0 Å². The summed E-state index contributed by atoms with van der Waals surface area (Å²) in [5.74, 6) is 2.47. The van der Waals surface area contributed by atoms with Crippen LogP contribution >= 0.6 is 0 Å². The molecular weight excluding hydrogens is 190 g/mol. The van der Waals surface area contributed by atoms with Crippen molar-refractivity contribution in [2.24, 2.45) is 0 Å². The van der Waals surface area contributed by atoms with Crippen molar-refractivity contribution in [3.8, 4) is 0 Å². The number of aromatic nitrogens is 3. The van der Waals surface area contributed by atoms with Crippen molar-refractivity contribution in [3.63, 3.8) is 0 Å². The first-order valence-corrected chi connectivity index (χ1v) is 5.55. The van der Waals surface area contributed by atoms with Crippen molar-refractivity contribution in [1.82, 2.24) is 14.8 Å². The molecule has 0 amide bonds. The first-order chi connectivity index (χ1) is 7.11. The third-order valence-electron chi connectivity index (χ3n) is 2.97. The Bertz CT molecular complexity index is 381. The minimum atomic E-state index is -0.0267. The van der Waals surface area contributed by atoms with Crippen molar-refractivity contribution in [3.05, 3.63) is 11.6 Å². The molecule has 2 rings (SSSR count). The Morgan fingerprint density at radius 1 is 1.47 bits per heavy atom. The van der Waals surface area contributed by atoms with Crippen LogP contribution in [0.1, 0.15) is 57.2 Å². The molecule has 4 nitrogen and oxygen atoms in total. The van der Waals surface area contributed by atoms with Crippen molar-refractivity contribution >= 4 is 5.78 Å². The summed E-state index contributed by atoms with van der Waals surface area (Å²) >= 11 is 0. The molecule has 0 radical (unpaired) electrons. The van der Waals surface area contributed by atoms with E-state index in [0.29, 0.717) is 5.92 Å². The van der Waals surface area contributed by atoms with Crippen LogP contribution in [0.2, 0.25) is 0 Å². The Kier molecular flexibility index (Phi) is 2.59. The number of hydrogen-bond acceptors (Lipinski definition) is 3. The molecule has 1 atom stereocenters. The first kappa shape index (κ1) is 10.3. The van der Waals surface area contributed by atoms with E-state index in [1.54, 1.807) is 6.92 Å². The molecule has 0 N–H and O–H groups in total. The summed E-state index contributed by atoms with van der Waals surface area (Å²) < 4.78 is 2.05. The third-order valence-corrected chi connectivity index (χ3v) is 2.97. The average molecular weight is 207 g/mol. The van der Waals surface area contributed by atoms with Gasteiger partial charge in [-0.1, -0.05) is 13.8 Å². The second-order valence-corrected chi connectivity index (χ2v) is 4.52. The SMILES string of the molecule is CC(=O)C1CCCc2nnc(C(C)C)n21. The van der Waals surface area contributed by atoms with Gasteiger partial charge in [0.15, 0.2) is 5.78 Å². The molecule has 0 aliphatic carbocycles. The number of carbonyl (C=O) groups excluding carboxylic acids is 1. The van der Waals surface area contributed by atoms with Gasteiger partial charge in [-0.25, -0.2) is 0 Å². The highest BCUT2D eigenvalue weighted by molar-refractivity contribution is 5.80. The van der Waals surface area contributed by atoms with Crippen molar-refractivity contribution in [2.45, 2.75) is 52.0 Å². The highest BCUT2D eigenvalue weighted by Gasteiger charge is 2.28. The van der Waals surface area contributed by atoms with Crippen LogP contribution in [0.15, 0.2) is 0 Å². The molecule has 1 aliphatic rings. The number of nitrogens with zero attached hydrogens (tertiary/aromatic N) is 3. The van der Waals surface area contributed by atoms with E-state index in [0.717, 1.165) is 30.9 Å². The van der Waals surface area contributed by atoms with Gasteiger partial charge in [-0.3, -0.25) is 4.79 Å². The van der Waals surface area contributed by atoms with E-state index < -0.39 is 0 Å². The minimum absolute atomic E-state index is 0.0267. The fourth-order valence-electron chi connectivity index (χ4n) is 2.21. The molecular formula is C11H17N3O. The van der Waals surface area contributed by atoms with E-state index in [9.17, 15) is 4.79 Å². The summed E-state index contributed by atoms with van der Waals surface area (Å²) in [4.78, 5) is 11.6. The Morgan fingerprint density at radius 3 is 2.80 bits per heavy atom. The van der Waals surface area contributed by atoms with Crippen molar-refractivity contribution in [2.75, 3.05) is 0 Å². The molecule has 0 saturated carbocycles. The molecule has 0 fully saturated rings. The highest BCUT2D eigenvalue weighted by atomic mass is 16.1. The minimum Gasteiger partial charge on any atom is -0.304 e. The molecule has 0 saturated heterocycles. The number of ketones is 1. The van der Waals surface area contributed by atoms with Crippen LogP contribution in [0, 0.1) is 0 Å². The number of carbonyl (C=O) groups is 1. The summed E-state index contributed by atoms with van der Waals surface area (Å²) in [6.45, 7) is 5.83. The quantitative estimate of drug-likeness (QED) is 0.743. The summed E-state index contributed by atoms with van der Waals surface area (Å²) in [5.41, 5.74) is 0. The number of Topliss-reactive ketones (excluding diaryl/α,β-unsaturated/α-hetero) is 1. The average Bonchev–Trinajstić information content (AvgIpc) is 2.60. The molecule has 82 valence electrons. The zero-order valence-electron chi connectivity index (χ0n) is 9.53. The lowest BCUT2D eigenvalue weighted by molar-refractivity contribution is -0.120. The first-order valence-electron chi connectivity index (χ1n) is 5.55. The van der Waals surface area contributed by atoms with Gasteiger partial charge in [0.25, 0.3) is 0 Å². The van der Waals surface area contributed by atoms with Crippen LogP contribution in [-0.2, 0) is 11.2 Å². The largest absolute Gasteiger partial charge is 0.304 e. The Labute approximate surface area is 89.7 Å². The topological polar surface area (TPSA) is 47.8 Å².